The van der Waals surface area contributed by atoms with E-state index in [4.69, 9.17) is 4.74 Å². The number of nitrogens with one attached hydrogen (secondary N) is 1. The average molecular weight is 206 g/mol. The number of ether oxygens (including phenoxy) is 1. The minimum Gasteiger partial charge on any atom is -0.466 e. The second-order valence-electron chi connectivity index (χ2n) is 3.74. The molecule has 1 N–H and O–H groups in total. The van der Waals surface area contributed by atoms with Crippen LogP contribution in [-0.2, 0) is 9.53 Å². The molecule has 1 saturated heterocycles. The van der Waals surface area contributed by atoms with E-state index in [0.717, 1.165) is 25.9 Å². The lowest BCUT2D eigenvalue weighted by Gasteiger charge is -2.20. The van der Waals surface area contributed by atoms with Crippen molar-refractivity contribution < 1.29 is 9.53 Å². The number of hydrogen-bond acceptors (Lipinski definition) is 3. The van der Waals surface area contributed by atoms with Gasteiger partial charge >= 0.3 is 5.97 Å². The first kappa shape index (κ1) is 10.8. The van der Waals surface area contributed by atoms with Gasteiger partial charge in [0.05, 0.1) is 12.0 Å². The lowest BCUT2D eigenvalue weighted by molar-refractivity contribution is -0.150. The molecule has 2 aliphatic rings. The van der Waals surface area contributed by atoms with Gasteiger partial charge in [-0.15, -0.1) is 12.4 Å². The standard InChI is InChI=1S/C9H15NO2.ClH/c1-2-12-8(11)9-5-7(9)3-4-10-6-9;/h7,10H,2-6H2,1H3;1H. The number of piperidine rings is 1. The monoisotopic (exact) mass is 205 g/mol. The van der Waals surface area contributed by atoms with Crippen molar-refractivity contribution in [2.24, 2.45) is 11.3 Å². The number of esters is 1. The normalized spacial score (nSPS) is 35.6. The summed E-state index contributed by atoms with van der Waals surface area (Å²) in [4.78, 5) is 11.5. The van der Waals surface area contributed by atoms with Crippen molar-refractivity contribution in [3.8, 4) is 0 Å². The third-order valence-corrected chi connectivity index (χ3v) is 3.02. The van der Waals surface area contributed by atoms with Crippen LogP contribution in [0.5, 0.6) is 0 Å². The Hall–Kier alpha value is -0.280. The Morgan fingerprint density at radius 1 is 1.69 bits per heavy atom. The van der Waals surface area contributed by atoms with Crippen molar-refractivity contribution in [2.75, 3.05) is 19.7 Å². The Labute approximate surface area is 84.6 Å². The summed E-state index contributed by atoms with van der Waals surface area (Å²) in [5, 5.41) is 3.26. The predicted octanol–water partition coefficient (Wildman–Crippen LogP) is 0.971. The SMILES string of the molecule is CCOC(=O)C12CNCCC1C2.Cl. The number of hydrogen-bond donors (Lipinski definition) is 1. The van der Waals surface area contributed by atoms with Crippen LogP contribution in [0.25, 0.3) is 0 Å². The van der Waals surface area contributed by atoms with Gasteiger partial charge in [-0.2, -0.15) is 0 Å². The molecule has 0 bridgehead atoms. The fourth-order valence-electron chi connectivity index (χ4n) is 2.16. The minimum absolute atomic E-state index is 0. The van der Waals surface area contributed by atoms with E-state index in [1.54, 1.807) is 0 Å². The van der Waals surface area contributed by atoms with Gasteiger partial charge in [-0.05, 0) is 32.2 Å². The second-order valence-corrected chi connectivity index (χ2v) is 3.74. The molecule has 0 radical (unpaired) electrons. The summed E-state index contributed by atoms with van der Waals surface area (Å²) in [6, 6.07) is 0. The van der Waals surface area contributed by atoms with E-state index in [1.165, 1.54) is 0 Å². The summed E-state index contributed by atoms with van der Waals surface area (Å²) in [6.07, 6.45) is 2.18. The molecule has 2 fully saturated rings. The van der Waals surface area contributed by atoms with Gasteiger partial charge < -0.3 is 10.1 Å². The summed E-state index contributed by atoms with van der Waals surface area (Å²) in [7, 11) is 0. The number of fused-ring (bicyclic) bond motifs is 1. The zero-order valence-corrected chi connectivity index (χ0v) is 8.65. The average Bonchev–Trinajstić information content (AvgIpc) is 2.79. The van der Waals surface area contributed by atoms with Gasteiger partial charge in [0.1, 0.15) is 0 Å². The number of halogens is 1. The first-order valence-electron chi connectivity index (χ1n) is 4.67. The van der Waals surface area contributed by atoms with Crippen LogP contribution in [0.1, 0.15) is 19.8 Å². The van der Waals surface area contributed by atoms with Gasteiger partial charge in [0.15, 0.2) is 0 Å². The van der Waals surface area contributed by atoms with Crippen LogP contribution in [0, 0.1) is 11.3 Å². The zero-order valence-electron chi connectivity index (χ0n) is 7.84. The molecule has 4 heteroatoms. The van der Waals surface area contributed by atoms with Crippen LogP contribution < -0.4 is 5.32 Å². The molecular formula is C9H16ClNO2. The summed E-state index contributed by atoms with van der Waals surface area (Å²) in [5.74, 6) is 0.625. The largest absolute Gasteiger partial charge is 0.466 e. The molecule has 0 spiro atoms. The molecule has 3 nitrogen and oxygen atoms in total. The molecule has 1 aliphatic carbocycles. The molecule has 2 atom stereocenters. The van der Waals surface area contributed by atoms with Gasteiger partial charge in [0, 0.05) is 6.54 Å². The van der Waals surface area contributed by atoms with E-state index in [0.29, 0.717) is 12.5 Å². The molecule has 2 unspecified atom stereocenters. The maximum Gasteiger partial charge on any atom is 0.313 e. The van der Waals surface area contributed by atoms with Crippen molar-refractivity contribution >= 4 is 18.4 Å². The van der Waals surface area contributed by atoms with E-state index in [9.17, 15) is 4.79 Å². The quantitative estimate of drug-likeness (QED) is 0.683. The maximum absolute atomic E-state index is 11.5. The summed E-state index contributed by atoms with van der Waals surface area (Å²) in [5.41, 5.74) is -0.117. The molecule has 76 valence electrons. The van der Waals surface area contributed by atoms with Gasteiger partial charge in [-0.1, -0.05) is 0 Å². The van der Waals surface area contributed by atoms with E-state index < -0.39 is 0 Å². The molecule has 2 rings (SSSR count). The van der Waals surface area contributed by atoms with E-state index in [2.05, 4.69) is 5.32 Å². The zero-order chi connectivity index (χ0) is 8.60. The van der Waals surface area contributed by atoms with Gasteiger partial charge in [0.25, 0.3) is 0 Å². The highest BCUT2D eigenvalue weighted by Gasteiger charge is 2.61. The fraction of sp³-hybridized carbons (Fsp3) is 0.889. The summed E-state index contributed by atoms with van der Waals surface area (Å²) < 4.78 is 5.05. The first-order chi connectivity index (χ1) is 5.79. The second kappa shape index (κ2) is 3.84. The Kier molecular flexibility index (Phi) is 3.19. The Morgan fingerprint density at radius 2 is 2.46 bits per heavy atom. The van der Waals surface area contributed by atoms with Crippen molar-refractivity contribution in [3.05, 3.63) is 0 Å². The van der Waals surface area contributed by atoms with Crippen LogP contribution in [0.2, 0.25) is 0 Å². The third-order valence-electron chi connectivity index (χ3n) is 3.02. The van der Waals surface area contributed by atoms with Crippen molar-refractivity contribution in [3.63, 3.8) is 0 Å². The highest BCUT2D eigenvalue weighted by molar-refractivity contribution is 5.85. The topological polar surface area (TPSA) is 38.3 Å². The molecule has 0 amide bonds. The number of carbonyl (C=O) groups is 1. The lowest BCUT2D eigenvalue weighted by atomic mass is 9.99. The predicted molar refractivity (Wildman–Crippen MR) is 51.9 cm³/mol. The number of rotatable bonds is 2. The van der Waals surface area contributed by atoms with Crippen LogP contribution >= 0.6 is 12.4 Å². The molecular weight excluding hydrogens is 190 g/mol. The smallest absolute Gasteiger partial charge is 0.313 e. The first-order valence-corrected chi connectivity index (χ1v) is 4.67. The Bertz CT molecular complexity index is 210. The molecule has 1 heterocycles. The van der Waals surface area contributed by atoms with Gasteiger partial charge in [0.2, 0.25) is 0 Å². The highest BCUT2D eigenvalue weighted by atomic mass is 35.5. The maximum atomic E-state index is 11.5. The van der Waals surface area contributed by atoms with Crippen molar-refractivity contribution in [1.82, 2.24) is 5.32 Å². The number of carbonyl (C=O) groups excluding carboxylic acids is 1. The van der Waals surface area contributed by atoms with Crippen LogP contribution in [0.15, 0.2) is 0 Å². The lowest BCUT2D eigenvalue weighted by Crippen LogP contribution is -2.37. The Morgan fingerprint density at radius 3 is 3.08 bits per heavy atom. The van der Waals surface area contributed by atoms with Crippen molar-refractivity contribution in [1.29, 1.82) is 0 Å². The summed E-state index contributed by atoms with van der Waals surface area (Å²) >= 11 is 0. The summed E-state index contributed by atoms with van der Waals surface area (Å²) in [6.45, 7) is 4.26. The Balaban J connectivity index is 0.000000845. The molecule has 1 saturated carbocycles. The fourth-order valence-corrected chi connectivity index (χ4v) is 2.16. The molecule has 0 aromatic rings. The van der Waals surface area contributed by atoms with Gasteiger partial charge in [-0.3, -0.25) is 4.79 Å². The molecule has 13 heavy (non-hydrogen) atoms. The van der Waals surface area contributed by atoms with Crippen molar-refractivity contribution in [2.45, 2.75) is 19.8 Å². The van der Waals surface area contributed by atoms with Crippen LogP contribution in [0.4, 0.5) is 0 Å². The molecule has 1 aliphatic heterocycles. The minimum atomic E-state index is -0.117. The van der Waals surface area contributed by atoms with E-state index >= 15 is 0 Å². The van der Waals surface area contributed by atoms with E-state index in [1.807, 2.05) is 6.92 Å². The third kappa shape index (κ3) is 1.67. The van der Waals surface area contributed by atoms with Gasteiger partial charge in [-0.25, -0.2) is 0 Å². The molecule has 0 aromatic heterocycles. The van der Waals surface area contributed by atoms with Crippen LogP contribution in [0.3, 0.4) is 0 Å². The molecule has 0 aromatic carbocycles. The highest BCUT2D eigenvalue weighted by Crippen LogP contribution is 2.56. The van der Waals surface area contributed by atoms with E-state index in [-0.39, 0.29) is 23.8 Å². The van der Waals surface area contributed by atoms with Crippen LogP contribution in [-0.4, -0.2) is 25.7 Å².